The van der Waals surface area contributed by atoms with Gasteiger partial charge in [-0.3, -0.25) is 9.78 Å². The lowest BCUT2D eigenvalue weighted by Crippen LogP contribution is -2.31. The van der Waals surface area contributed by atoms with Gasteiger partial charge < -0.3 is 9.80 Å². The van der Waals surface area contributed by atoms with Gasteiger partial charge in [-0.25, -0.2) is 0 Å². The van der Waals surface area contributed by atoms with Crippen molar-refractivity contribution in [3.8, 4) is 0 Å². The summed E-state index contributed by atoms with van der Waals surface area (Å²) in [6.07, 6.45) is 1.75. The molecule has 1 aromatic heterocycles. The molecule has 1 amide bonds. The number of hydrogen-bond acceptors (Lipinski definition) is 3. The first-order valence-corrected chi connectivity index (χ1v) is 7.83. The fraction of sp³-hybridized carbons (Fsp3) is 0.444. The second-order valence-electron chi connectivity index (χ2n) is 5.76. The van der Waals surface area contributed by atoms with Gasteiger partial charge in [-0.1, -0.05) is 6.07 Å². The molecule has 1 heterocycles. The zero-order chi connectivity index (χ0) is 16.3. The summed E-state index contributed by atoms with van der Waals surface area (Å²) in [6.45, 7) is 7.56. The first-order chi connectivity index (χ1) is 10.5. The van der Waals surface area contributed by atoms with Crippen molar-refractivity contribution in [2.24, 2.45) is 0 Å². The van der Waals surface area contributed by atoms with Gasteiger partial charge in [-0.2, -0.15) is 0 Å². The Morgan fingerprint density at radius 3 is 2.50 bits per heavy atom. The minimum Gasteiger partial charge on any atom is -0.339 e. The third kappa shape index (κ3) is 3.12. The van der Waals surface area contributed by atoms with E-state index in [4.69, 9.17) is 0 Å². The molecule has 4 heteroatoms. The van der Waals surface area contributed by atoms with Crippen molar-refractivity contribution in [2.75, 3.05) is 27.2 Å². The quantitative estimate of drug-likeness (QED) is 0.849. The van der Waals surface area contributed by atoms with Gasteiger partial charge in [0.2, 0.25) is 0 Å². The fourth-order valence-electron chi connectivity index (χ4n) is 2.60. The SMILES string of the molecule is CCN(CC)C(=O)c1cc(C(C)N(C)C)cc2cccnc12. The van der Waals surface area contributed by atoms with Gasteiger partial charge in [-0.05, 0) is 58.6 Å². The predicted octanol–water partition coefficient (Wildman–Crippen LogP) is 3.34. The maximum atomic E-state index is 12.8. The minimum atomic E-state index is 0.0570. The predicted molar refractivity (Wildman–Crippen MR) is 91.1 cm³/mol. The number of hydrogen-bond donors (Lipinski definition) is 0. The summed E-state index contributed by atoms with van der Waals surface area (Å²) in [5.74, 6) is 0.0570. The number of rotatable bonds is 5. The van der Waals surface area contributed by atoms with Crippen LogP contribution in [0, 0.1) is 0 Å². The van der Waals surface area contributed by atoms with Crippen molar-refractivity contribution in [2.45, 2.75) is 26.8 Å². The number of nitrogens with zero attached hydrogens (tertiary/aromatic N) is 3. The molecular weight excluding hydrogens is 274 g/mol. The van der Waals surface area contributed by atoms with E-state index < -0.39 is 0 Å². The van der Waals surface area contributed by atoms with Crippen molar-refractivity contribution in [3.05, 3.63) is 41.6 Å². The molecule has 0 aliphatic carbocycles. The fourth-order valence-corrected chi connectivity index (χ4v) is 2.60. The Bertz CT molecular complexity index is 662. The Kier molecular flexibility index (Phi) is 5.14. The van der Waals surface area contributed by atoms with Crippen LogP contribution in [0.1, 0.15) is 42.7 Å². The minimum absolute atomic E-state index is 0.0570. The molecule has 22 heavy (non-hydrogen) atoms. The van der Waals surface area contributed by atoms with Crippen LogP contribution in [0.25, 0.3) is 10.9 Å². The summed E-state index contributed by atoms with van der Waals surface area (Å²) in [5.41, 5.74) is 2.63. The topological polar surface area (TPSA) is 36.4 Å². The van der Waals surface area contributed by atoms with E-state index in [1.807, 2.05) is 51.0 Å². The molecule has 0 fully saturated rings. The van der Waals surface area contributed by atoms with Gasteiger partial charge in [-0.15, -0.1) is 0 Å². The van der Waals surface area contributed by atoms with Gasteiger partial charge >= 0.3 is 0 Å². The highest BCUT2D eigenvalue weighted by Crippen LogP contribution is 2.26. The van der Waals surface area contributed by atoms with Crippen molar-refractivity contribution >= 4 is 16.8 Å². The molecule has 0 saturated heterocycles. The first-order valence-electron chi connectivity index (χ1n) is 7.83. The Labute approximate surface area is 132 Å². The van der Waals surface area contributed by atoms with E-state index in [1.165, 1.54) is 0 Å². The summed E-state index contributed by atoms with van der Waals surface area (Å²) in [6, 6.07) is 8.31. The van der Waals surface area contributed by atoms with E-state index in [-0.39, 0.29) is 11.9 Å². The van der Waals surface area contributed by atoms with Gasteiger partial charge in [0, 0.05) is 30.7 Å². The molecule has 0 bridgehead atoms. The largest absolute Gasteiger partial charge is 0.339 e. The normalized spacial score (nSPS) is 12.6. The molecule has 4 nitrogen and oxygen atoms in total. The van der Waals surface area contributed by atoms with Crippen molar-refractivity contribution in [1.29, 1.82) is 0 Å². The molecule has 1 aromatic carbocycles. The van der Waals surface area contributed by atoms with Crippen LogP contribution >= 0.6 is 0 Å². The summed E-state index contributed by atoms with van der Waals surface area (Å²) in [5, 5.41) is 1.02. The number of carbonyl (C=O) groups is 1. The summed E-state index contributed by atoms with van der Waals surface area (Å²) in [7, 11) is 4.09. The first kappa shape index (κ1) is 16.4. The number of aromatic nitrogens is 1. The Morgan fingerprint density at radius 2 is 1.91 bits per heavy atom. The Balaban J connectivity index is 2.62. The molecule has 0 aliphatic heterocycles. The van der Waals surface area contributed by atoms with Crippen molar-refractivity contribution in [3.63, 3.8) is 0 Å². The summed E-state index contributed by atoms with van der Waals surface area (Å²) < 4.78 is 0. The average molecular weight is 299 g/mol. The number of benzene rings is 1. The molecule has 118 valence electrons. The standard InChI is InChI=1S/C18H25N3O/c1-6-21(7-2)18(22)16-12-15(13(3)20(4)5)11-14-9-8-10-19-17(14)16/h8-13H,6-7H2,1-5H3. The van der Waals surface area contributed by atoms with E-state index in [1.54, 1.807) is 6.20 Å². The monoisotopic (exact) mass is 299 g/mol. The van der Waals surface area contributed by atoms with Crippen LogP contribution in [0.3, 0.4) is 0 Å². The Hall–Kier alpha value is -1.94. The van der Waals surface area contributed by atoms with Gasteiger partial charge in [0.15, 0.2) is 0 Å². The number of pyridine rings is 1. The Morgan fingerprint density at radius 1 is 1.23 bits per heavy atom. The van der Waals surface area contributed by atoms with Crippen LogP contribution in [0.2, 0.25) is 0 Å². The van der Waals surface area contributed by atoms with E-state index in [9.17, 15) is 4.79 Å². The van der Waals surface area contributed by atoms with Crippen LogP contribution < -0.4 is 0 Å². The zero-order valence-corrected chi connectivity index (χ0v) is 14.1. The lowest BCUT2D eigenvalue weighted by molar-refractivity contribution is 0.0774. The molecule has 0 radical (unpaired) electrons. The average Bonchev–Trinajstić information content (AvgIpc) is 2.53. The number of amides is 1. The molecule has 0 aliphatic rings. The van der Waals surface area contributed by atoms with Crippen LogP contribution in [0.15, 0.2) is 30.5 Å². The molecule has 0 N–H and O–H groups in total. The lowest BCUT2D eigenvalue weighted by atomic mass is 9.99. The van der Waals surface area contributed by atoms with Gasteiger partial charge in [0.1, 0.15) is 0 Å². The van der Waals surface area contributed by atoms with Gasteiger partial charge in [0.25, 0.3) is 5.91 Å². The van der Waals surface area contributed by atoms with Crippen molar-refractivity contribution in [1.82, 2.24) is 14.8 Å². The van der Waals surface area contributed by atoms with Crippen LogP contribution in [-0.2, 0) is 0 Å². The second kappa shape index (κ2) is 6.88. The molecule has 1 unspecified atom stereocenters. The molecule has 1 atom stereocenters. The third-order valence-electron chi connectivity index (χ3n) is 4.27. The van der Waals surface area contributed by atoms with E-state index >= 15 is 0 Å². The molecule has 0 saturated carbocycles. The molecule has 0 spiro atoms. The molecular formula is C18H25N3O. The smallest absolute Gasteiger partial charge is 0.256 e. The third-order valence-corrected chi connectivity index (χ3v) is 4.27. The van der Waals surface area contributed by atoms with E-state index in [0.717, 1.165) is 16.5 Å². The highest BCUT2D eigenvalue weighted by molar-refractivity contribution is 6.05. The maximum Gasteiger partial charge on any atom is 0.256 e. The highest BCUT2D eigenvalue weighted by Gasteiger charge is 2.19. The highest BCUT2D eigenvalue weighted by atomic mass is 16.2. The zero-order valence-electron chi connectivity index (χ0n) is 14.1. The van der Waals surface area contributed by atoms with Crippen LogP contribution in [0.4, 0.5) is 0 Å². The van der Waals surface area contributed by atoms with Crippen molar-refractivity contribution < 1.29 is 4.79 Å². The van der Waals surface area contributed by atoms with Gasteiger partial charge in [0.05, 0.1) is 11.1 Å². The van der Waals surface area contributed by atoms with E-state index in [0.29, 0.717) is 18.7 Å². The second-order valence-corrected chi connectivity index (χ2v) is 5.76. The molecule has 2 rings (SSSR count). The number of carbonyl (C=O) groups excluding carboxylic acids is 1. The van der Waals surface area contributed by atoms with Crippen LogP contribution in [-0.4, -0.2) is 47.9 Å². The summed E-state index contributed by atoms with van der Waals surface area (Å²) >= 11 is 0. The molecule has 2 aromatic rings. The summed E-state index contributed by atoms with van der Waals surface area (Å²) in [4.78, 5) is 21.3. The lowest BCUT2D eigenvalue weighted by Gasteiger charge is -2.23. The maximum absolute atomic E-state index is 12.8. The van der Waals surface area contributed by atoms with E-state index in [2.05, 4.69) is 22.9 Å². The number of fused-ring (bicyclic) bond motifs is 1. The van der Waals surface area contributed by atoms with Crippen LogP contribution in [0.5, 0.6) is 0 Å².